The third-order valence-corrected chi connectivity index (χ3v) is 5.08. The third kappa shape index (κ3) is 4.25. The van der Waals surface area contributed by atoms with E-state index in [9.17, 15) is 4.79 Å². The fraction of sp³-hybridized carbons (Fsp3) is 0.389. The number of hydrogen-bond donors (Lipinski definition) is 0. The van der Waals surface area contributed by atoms with Crippen LogP contribution >= 0.6 is 23.4 Å². The molecule has 3 aromatic rings. The molecular formula is C18H20ClN3O2S. The van der Waals surface area contributed by atoms with Crippen LogP contribution in [0.3, 0.4) is 0 Å². The maximum absolute atomic E-state index is 12.9. The fourth-order valence-corrected chi connectivity index (χ4v) is 3.57. The van der Waals surface area contributed by atoms with Gasteiger partial charge in [-0.15, -0.1) is 0 Å². The lowest BCUT2D eigenvalue weighted by molar-refractivity contribution is 0.393. The van der Waals surface area contributed by atoms with Crippen molar-refractivity contribution in [2.45, 2.75) is 44.6 Å². The van der Waals surface area contributed by atoms with E-state index in [1.165, 1.54) is 11.8 Å². The number of benzene rings is 1. The highest BCUT2D eigenvalue weighted by Crippen LogP contribution is 2.24. The average Bonchev–Trinajstić information content (AvgIpc) is 2.97. The molecule has 5 nitrogen and oxygen atoms in total. The van der Waals surface area contributed by atoms with E-state index >= 15 is 0 Å². The van der Waals surface area contributed by atoms with Crippen LogP contribution in [0.5, 0.6) is 0 Å². The topological polar surface area (TPSA) is 60.9 Å². The summed E-state index contributed by atoms with van der Waals surface area (Å²) in [5, 5.41) is 5.85. The van der Waals surface area contributed by atoms with Crippen molar-refractivity contribution in [3.05, 3.63) is 51.1 Å². The minimum Gasteiger partial charge on any atom is -0.361 e. The lowest BCUT2D eigenvalue weighted by Crippen LogP contribution is -2.24. The second-order valence-corrected chi connectivity index (χ2v) is 7.79. The number of thioether (sulfide) groups is 1. The molecule has 0 fully saturated rings. The van der Waals surface area contributed by atoms with Crippen LogP contribution in [0.2, 0.25) is 5.02 Å². The predicted octanol–water partition coefficient (Wildman–Crippen LogP) is 4.68. The molecular weight excluding hydrogens is 358 g/mol. The smallest absolute Gasteiger partial charge is 0.262 e. The largest absolute Gasteiger partial charge is 0.361 e. The first-order chi connectivity index (χ1) is 11.9. The van der Waals surface area contributed by atoms with E-state index in [2.05, 4.69) is 24.0 Å². The molecule has 132 valence electrons. The van der Waals surface area contributed by atoms with Gasteiger partial charge in [0.1, 0.15) is 5.76 Å². The first kappa shape index (κ1) is 18.0. The molecule has 0 aliphatic carbocycles. The van der Waals surface area contributed by atoms with Crippen molar-refractivity contribution in [1.29, 1.82) is 0 Å². The number of fused-ring (bicyclic) bond motifs is 1. The highest BCUT2D eigenvalue weighted by Gasteiger charge is 2.13. The Balaban J connectivity index is 1.99. The molecule has 25 heavy (non-hydrogen) atoms. The van der Waals surface area contributed by atoms with E-state index < -0.39 is 0 Å². The minimum atomic E-state index is -0.0267. The zero-order chi connectivity index (χ0) is 18.0. The van der Waals surface area contributed by atoms with Crippen molar-refractivity contribution in [3.63, 3.8) is 0 Å². The number of aromatic nitrogens is 3. The van der Waals surface area contributed by atoms with Crippen molar-refractivity contribution in [2.24, 2.45) is 5.92 Å². The van der Waals surface area contributed by atoms with Crippen LogP contribution in [0.25, 0.3) is 10.9 Å². The normalized spacial score (nSPS) is 11.6. The maximum atomic E-state index is 12.9. The molecule has 0 radical (unpaired) electrons. The molecule has 0 spiro atoms. The fourth-order valence-electron chi connectivity index (χ4n) is 2.49. The van der Waals surface area contributed by atoms with Gasteiger partial charge in [-0.2, -0.15) is 0 Å². The molecule has 0 bridgehead atoms. The van der Waals surface area contributed by atoms with Crippen LogP contribution in [0.4, 0.5) is 0 Å². The average molecular weight is 378 g/mol. The number of hydrogen-bond acceptors (Lipinski definition) is 5. The summed E-state index contributed by atoms with van der Waals surface area (Å²) in [4.78, 5) is 17.6. The summed E-state index contributed by atoms with van der Waals surface area (Å²) in [5.74, 6) is 1.87. The monoisotopic (exact) mass is 377 g/mol. The third-order valence-electron chi connectivity index (χ3n) is 3.84. The van der Waals surface area contributed by atoms with Gasteiger partial charge in [0.15, 0.2) is 5.16 Å². The number of nitrogens with zero attached hydrogens (tertiary/aromatic N) is 3. The Kier molecular flexibility index (Phi) is 5.49. The van der Waals surface area contributed by atoms with Crippen LogP contribution in [0.15, 0.2) is 38.7 Å². The Hall–Kier alpha value is -1.79. The van der Waals surface area contributed by atoms with Gasteiger partial charge in [0.05, 0.1) is 16.6 Å². The van der Waals surface area contributed by atoms with Crippen LogP contribution in [-0.4, -0.2) is 14.7 Å². The summed E-state index contributed by atoms with van der Waals surface area (Å²) < 4.78 is 6.86. The first-order valence-electron chi connectivity index (χ1n) is 8.19. The Morgan fingerprint density at radius 1 is 1.32 bits per heavy atom. The molecule has 3 rings (SSSR count). The maximum Gasteiger partial charge on any atom is 0.262 e. The summed E-state index contributed by atoms with van der Waals surface area (Å²) in [5.41, 5.74) is 1.43. The van der Waals surface area contributed by atoms with Crippen LogP contribution in [-0.2, 0) is 12.3 Å². The number of aryl methyl sites for hydroxylation is 1. The van der Waals surface area contributed by atoms with Gasteiger partial charge in [-0.05, 0) is 37.5 Å². The van der Waals surface area contributed by atoms with Crippen LogP contribution in [0, 0.1) is 12.8 Å². The van der Waals surface area contributed by atoms with Gasteiger partial charge in [0, 0.05) is 23.4 Å². The lowest BCUT2D eigenvalue weighted by atomic mass is 10.1. The van der Waals surface area contributed by atoms with Gasteiger partial charge in [-0.1, -0.05) is 42.4 Å². The number of halogens is 1. The molecule has 0 aliphatic rings. The molecule has 1 aromatic carbocycles. The summed E-state index contributed by atoms with van der Waals surface area (Å²) in [6.07, 6.45) is 0.914. The standard InChI is InChI=1S/C18H20ClN3O2S/c1-11(2)6-7-22-17(23)15-5-4-13(19)9-16(15)20-18(22)25-10-14-8-12(3)24-21-14/h4-5,8-9,11H,6-7,10H2,1-3H3. The minimum absolute atomic E-state index is 0.0267. The molecule has 0 aliphatic heterocycles. The van der Waals surface area contributed by atoms with E-state index in [4.69, 9.17) is 16.1 Å². The molecule has 0 N–H and O–H groups in total. The van der Waals surface area contributed by atoms with E-state index in [0.29, 0.717) is 39.3 Å². The van der Waals surface area contributed by atoms with Crippen LogP contribution in [0.1, 0.15) is 31.7 Å². The molecule has 0 unspecified atom stereocenters. The van der Waals surface area contributed by atoms with Gasteiger partial charge in [-0.25, -0.2) is 4.98 Å². The van der Waals surface area contributed by atoms with Gasteiger partial charge < -0.3 is 4.52 Å². The summed E-state index contributed by atoms with van der Waals surface area (Å²) in [6, 6.07) is 7.09. The molecule has 7 heteroatoms. The van der Waals surface area contributed by atoms with E-state index in [1.54, 1.807) is 22.8 Å². The van der Waals surface area contributed by atoms with Gasteiger partial charge in [0.2, 0.25) is 0 Å². The lowest BCUT2D eigenvalue weighted by Gasteiger charge is -2.14. The van der Waals surface area contributed by atoms with Crippen molar-refractivity contribution in [1.82, 2.24) is 14.7 Å². The summed E-state index contributed by atoms with van der Waals surface area (Å²) >= 11 is 7.55. The zero-order valence-electron chi connectivity index (χ0n) is 14.5. The molecule has 2 aromatic heterocycles. The molecule has 0 amide bonds. The second kappa shape index (κ2) is 7.62. The molecule has 0 atom stereocenters. The van der Waals surface area contributed by atoms with Gasteiger partial charge >= 0.3 is 0 Å². The summed E-state index contributed by atoms with van der Waals surface area (Å²) in [6.45, 7) is 6.78. The SMILES string of the molecule is Cc1cc(CSc2nc3cc(Cl)ccc3c(=O)n2CCC(C)C)no1. The highest BCUT2D eigenvalue weighted by molar-refractivity contribution is 7.98. The Labute approximate surface area is 155 Å². The Bertz CT molecular complexity index is 949. The van der Waals surface area contributed by atoms with E-state index in [1.807, 2.05) is 13.0 Å². The van der Waals surface area contributed by atoms with Crippen molar-refractivity contribution >= 4 is 34.3 Å². The molecule has 0 saturated heterocycles. The second-order valence-electron chi connectivity index (χ2n) is 6.41. The zero-order valence-corrected chi connectivity index (χ0v) is 16.0. The van der Waals surface area contributed by atoms with E-state index in [-0.39, 0.29) is 5.56 Å². The molecule has 0 saturated carbocycles. The Morgan fingerprint density at radius 2 is 2.12 bits per heavy atom. The van der Waals surface area contributed by atoms with Gasteiger partial charge in [0.25, 0.3) is 5.56 Å². The first-order valence-corrected chi connectivity index (χ1v) is 9.55. The quantitative estimate of drug-likeness (QED) is 0.461. The van der Waals surface area contributed by atoms with Crippen molar-refractivity contribution in [3.8, 4) is 0 Å². The Morgan fingerprint density at radius 3 is 2.80 bits per heavy atom. The highest BCUT2D eigenvalue weighted by atomic mass is 35.5. The molecule has 2 heterocycles. The number of rotatable bonds is 6. The van der Waals surface area contributed by atoms with Crippen LogP contribution < -0.4 is 5.56 Å². The van der Waals surface area contributed by atoms with Crippen molar-refractivity contribution < 1.29 is 4.52 Å². The predicted molar refractivity (Wildman–Crippen MR) is 101 cm³/mol. The van der Waals surface area contributed by atoms with Crippen molar-refractivity contribution in [2.75, 3.05) is 0 Å². The summed E-state index contributed by atoms with van der Waals surface area (Å²) in [7, 11) is 0. The van der Waals surface area contributed by atoms with E-state index in [0.717, 1.165) is 17.9 Å². The van der Waals surface area contributed by atoms with Gasteiger partial charge in [-0.3, -0.25) is 9.36 Å².